The predicted octanol–water partition coefficient (Wildman–Crippen LogP) is 2.97. The molecule has 1 aromatic heterocycles. The van der Waals surface area contributed by atoms with Crippen LogP contribution in [0.25, 0.3) is 0 Å². The summed E-state index contributed by atoms with van der Waals surface area (Å²) in [5.41, 5.74) is 6.46. The molecule has 18 heavy (non-hydrogen) atoms. The second-order valence-electron chi connectivity index (χ2n) is 5.41. The van der Waals surface area contributed by atoms with Crippen molar-refractivity contribution in [3.05, 3.63) is 18.0 Å². The van der Waals surface area contributed by atoms with Crippen LogP contribution >= 0.6 is 0 Å². The molecule has 0 bridgehead atoms. The first kappa shape index (κ1) is 15.2. The summed E-state index contributed by atoms with van der Waals surface area (Å²) in [4.78, 5) is 0. The van der Waals surface area contributed by atoms with Crippen LogP contribution in [0.2, 0.25) is 0 Å². The molecule has 0 aliphatic carbocycles. The number of hydrogen-bond donors (Lipinski definition) is 1. The number of nitrogens with two attached hydrogens (primary N) is 1. The van der Waals surface area contributed by atoms with Crippen LogP contribution in [-0.2, 0) is 6.42 Å². The molecule has 0 spiro atoms. The fourth-order valence-corrected chi connectivity index (χ4v) is 2.11. The molecule has 4 heteroatoms. The van der Waals surface area contributed by atoms with Crippen molar-refractivity contribution in [3.63, 3.8) is 0 Å². The van der Waals surface area contributed by atoms with E-state index in [-0.39, 0.29) is 11.8 Å². The molecule has 0 aromatic carbocycles. The highest BCUT2D eigenvalue weighted by molar-refractivity contribution is 5.02. The Kier molecular flexibility index (Phi) is 5.79. The van der Waals surface area contributed by atoms with Crippen molar-refractivity contribution < 1.29 is 4.39 Å². The molecule has 104 valence electrons. The Morgan fingerprint density at radius 2 is 2.06 bits per heavy atom. The topological polar surface area (TPSA) is 43.8 Å². The summed E-state index contributed by atoms with van der Waals surface area (Å²) in [6.45, 7) is 8.66. The fraction of sp³-hybridized carbons (Fsp3) is 0.786. The highest BCUT2D eigenvalue weighted by atomic mass is 19.1. The van der Waals surface area contributed by atoms with Gasteiger partial charge in [0, 0.05) is 24.6 Å². The molecule has 0 aliphatic rings. The van der Waals surface area contributed by atoms with Crippen molar-refractivity contribution in [2.75, 3.05) is 6.54 Å². The zero-order valence-electron chi connectivity index (χ0n) is 11.9. The lowest BCUT2D eigenvalue weighted by atomic mass is 9.89. The molecule has 1 aromatic rings. The molecule has 2 N–H and O–H groups in total. The number of nitrogens with zero attached hydrogens (tertiary/aromatic N) is 2. The van der Waals surface area contributed by atoms with Gasteiger partial charge in [-0.2, -0.15) is 5.10 Å². The fourth-order valence-electron chi connectivity index (χ4n) is 2.11. The lowest BCUT2D eigenvalue weighted by Crippen LogP contribution is -2.30. The Bertz CT molecular complexity index is 349. The molecule has 1 rings (SSSR count). The zero-order valence-corrected chi connectivity index (χ0v) is 11.9. The van der Waals surface area contributed by atoms with Crippen molar-refractivity contribution in [1.82, 2.24) is 9.78 Å². The van der Waals surface area contributed by atoms with Crippen molar-refractivity contribution >= 4 is 0 Å². The number of alkyl halides is 1. The van der Waals surface area contributed by atoms with E-state index in [1.54, 1.807) is 0 Å². The van der Waals surface area contributed by atoms with Gasteiger partial charge >= 0.3 is 0 Å². The minimum atomic E-state index is -0.907. The van der Waals surface area contributed by atoms with Crippen LogP contribution in [0.4, 0.5) is 4.39 Å². The Hall–Kier alpha value is -0.900. The van der Waals surface area contributed by atoms with Gasteiger partial charge in [0.2, 0.25) is 0 Å². The summed E-state index contributed by atoms with van der Waals surface area (Å²) in [7, 11) is 0. The highest BCUT2D eigenvalue weighted by Gasteiger charge is 2.24. The molecule has 0 saturated carbocycles. The van der Waals surface area contributed by atoms with E-state index >= 15 is 0 Å². The second-order valence-corrected chi connectivity index (χ2v) is 5.41. The van der Waals surface area contributed by atoms with E-state index in [0.717, 1.165) is 12.1 Å². The highest BCUT2D eigenvalue weighted by Crippen LogP contribution is 2.20. The monoisotopic (exact) mass is 255 g/mol. The zero-order chi connectivity index (χ0) is 13.7. The Balaban J connectivity index is 2.64. The smallest absolute Gasteiger partial charge is 0.110 e. The van der Waals surface area contributed by atoms with E-state index < -0.39 is 6.17 Å². The number of hydrogen-bond acceptors (Lipinski definition) is 2. The third-order valence-electron chi connectivity index (χ3n) is 3.70. The maximum atomic E-state index is 14.2. The van der Waals surface area contributed by atoms with Crippen LogP contribution in [0.15, 0.2) is 12.3 Å². The standard InChI is InChI=1S/C14H26FN3/c1-5-11(4)18-7-6-12(17-18)8-14(15)13(9-16)10(2)3/h6-7,10-11,13-14H,5,8-9,16H2,1-4H3. The average Bonchev–Trinajstić information content (AvgIpc) is 2.76. The number of rotatable bonds is 7. The van der Waals surface area contributed by atoms with Gasteiger partial charge in [-0.05, 0) is 31.9 Å². The second kappa shape index (κ2) is 6.88. The van der Waals surface area contributed by atoms with E-state index in [4.69, 9.17) is 5.73 Å². The van der Waals surface area contributed by atoms with E-state index in [1.807, 2.05) is 30.8 Å². The normalized spacial score (nSPS) is 16.8. The van der Waals surface area contributed by atoms with E-state index in [1.165, 1.54) is 0 Å². The molecule has 3 unspecified atom stereocenters. The quantitative estimate of drug-likeness (QED) is 0.814. The van der Waals surface area contributed by atoms with Crippen LogP contribution in [0.5, 0.6) is 0 Å². The largest absolute Gasteiger partial charge is 0.330 e. The molecule has 0 amide bonds. The van der Waals surface area contributed by atoms with Gasteiger partial charge in [-0.15, -0.1) is 0 Å². The molecular weight excluding hydrogens is 229 g/mol. The van der Waals surface area contributed by atoms with E-state index in [0.29, 0.717) is 19.0 Å². The molecular formula is C14H26FN3. The molecule has 0 fully saturated rings. The van der Waals surface area contributed by atoms with Crippen LogP contribution in [0.3, 0.4) is 0 Å². The summed E-state index contributed by atoms with van der Waals surface area (Å²) in [6, 6.07) is 2.28. The minimum Gasteiger partial charge on any atom is -0.330 e. The number of aromatic nitrogens is 2. The lowest BCUT2D eigenvalue weighted by Gasteiger charge is -2.22. The van der Waals surface area contributed by atoms with Gasteiger partial charge in [0.1, 0.15) is 6.17 Å². The van der Waals surface area contributed by atoms with Crippen molar-refractivity contribution in [3.8, 4) is 0 Å². The molecule has 3 atom stereocenters. The first-order chi connectivity index (χ1) is 8.49. The summed E-state index contributed by atoms with van der Waals surface area (Å²) in [5.74, 6) is 0.181. The first-order valence-electron chi connectivity index (χ1n) is 6.87. The maximum absolute atomic E-state index is 14.2. The minimum absolute atomic E-state index is 0.0845. The average molecular weight is 255 g/mol. The van der Waals surface area contributed by atoms with Crippen LogP contribution in [0, 0.1) is 11.8 Å². The van der Waals surface area contributed by atoms with E-state index in [2.05, 4.69) is 18.9 Å². The van der Waals surface area contributed by atoms with Gasteiger partial charge in [0.15, 0.2) is 0 Å². The molecule has 3 nitrogen and oxygen atoms in total. The Morgan fingerprint density at radius 1 is 1.39 bits per heavy atom. The van der Waals surface area contributed by atoms with Crippen LogP contribution < -0.4 is 5.73 Å². The van der Waals surface area contributed by atoms with Gasteiger partial charge in [-0.1, -0.05) is 20.8 Å². The summed E-state index contributed by atoms with van der Waals surface area (Å²) in [6.07, 6.45) is 2.42. The van der Waals surface area contributed by atoms with Gasteiger partial charge in [0.05, 0.1) is 5.69 Å². The predicted molar refractivity (Wildman–Crippen MR) is 73.2 cm³/mol. The molecule has 0 radical (unpaired) electrons. The van der Waals surface area contributed by atoms with Gasteiger partial charge in [-0.3, -0.25) is 4.68 Å². The van der Waals surface area contributed by atoms with E-state index in [9.17, 15) is 4.39 Å². The van der Waals surface area contributed by atoms with Crippen LogP contribution in [0.1, 0.15) is 45.9 Å². The van der Waals surface area contributed by atoms with Crippen molar-refractivity contribution in [1.29, 1.82) is 0 Å². The SMILES string of the molecule is CCC(C)n1ccc(CC(F)C(CN)C(C)C)n1. The molecule has 0 aliphatic heterocycles. The maximum Gasteiger partial charge on any atom is 0.110 e. The third-order valence-corrected chi connectivity index (χ3v) is 3.70. The summed E-state index contributed by atoms with van der Waals surface area (Å²) in [5, 5.41) is 4.43. The first-order valence-corrected chi connectivity index (χ1v) is 6.87. The lowest BCUT2D eigenvalue weighted by molar-refractivity contribution is 0.184. The summed E-state index contributed by atoms with van der Waals surface area (Å²) < 4.78 is 16.1. The van der Waals surface area contributed by atoms with Gasteiger partial charge in [-0.25, -0.2) is 4.39 Å². The Labute approximate surface area is 110 Å². The van der Waals surface area contributed by atoms with Gasteiger partial charge in [0.25, 0.3) is 0 Å². The number of halogens is 1. The molecule has 1 heterocycles. The molecule has 0 saturated heterocycles. The summed E-state index contributed by atoms with van der Waals surface area (Å²) >= 11 is 0. The third kappa shape index (κ3) is 3.80. The van der Waals surface area contributed by atoms with Crippen molar-refractivity contribution in [2.24, 2.45) is 17.6 Å². The van der Waals surface area contributed by atoms with Crippen molar-refractivity contribution in [2.45, 2.75) is 52.8 Å². The van der Waals surface area contributed by atoms with Gasteiger partial charge < -0.3 is 5.73 Å². The Morgan fingerprint density at radius 3 is 2.56 bits per heavy atom. The van der Waals surface area contributed by atoms with Crippen LogP contribution in [-0.4, -0.2) is 22.5 Å².